The van der Waals surface area contributed by atoms with Gasteiger partial charge in [0.1, 0.15) is 5.78 Å². The Morgan fingerprint density at radius 3 is 2.50 bits per heavy atom. The van der Waals surface area contributed by atoms with Gasteiger partial charge in [-0.25, -0.2) is 0 Å². The highest BCUT2D eigenvalue weighted by Gasteiger charge is 2.22. The maximum atomic E-state index is 11.5. The molecule has 1 aliphatic rings. The number of carbonyl (C=O) groups is 2. The van der Waals surface area contributed by atoms with Crippen LogP contribution in [0.1, 0.15) is 25.7 Å². The zero-order valence-electron chi connectivity index (χ0n) is 8.45. The molecule has 0 bridgehead atoms. The van der Waals surface area contributed by atoms with Crippen molar-refractivity contribution < 1.29 is 14.3 Å². The van der Waals surface area contributed by atoms with Gasteiger partial charge in [-0.05, 0) is 12.8 Å². The van der Waals surface area contributed by atoms with Gasteiger partial charge < -0.3 is 4.74 Å². The van der Waals surface area contributed by atoms with E-state index in [-0.39, 0.29) is 17.6 Å². The Morgan fingerprint density at radius 1 is 1.29 bits per heavy atom. The summed E-state index contributed by atoms with van der Waals surface area (Å²) in [6.45, 7) is 0. The molecule has 0 amide bonds. The molecule has 0 aromatic carbocycles. The van der Waals surface area contributed by atoms with Crippen LogP contribution in [0.5, 0.6) is 0 Å². The smallest absolute Gasteiger partial charge is 0.315 e. The van der Waals surface area contributed by atoms with E-state index in [1.807, 2.05) is 0 Å². The average Bonchev–Trinajstić information content (AvgIpc) is 2.70. The molecule has 4 heteroatoms. The molecule has 0 radical (unpaired) electrons. The molecule has 0 N–H and O–H groups in total. The van der Waals surface area contributed by atoms with Crippen LogP contribution in [0.25, 0.3) is 0 Å². The zero-order chi connectivity index (χ0) is 10.4. The first-order valence-corrected chi connectivity index (χ1v) is 6.06. The minimum Gasteiger partial charge on any atom is -0.468 e. The summed E-state index contributed by atoms with van der Waals surface area (Å²) in [7, 11) is 1.36. The molecule has 0 spiro atoms. The molecule has 0 heterocycles. The van der Waals surface area contributed by atoms with Gasteiger partial charge in [-0.1, -0.05) is 12.8 Å². The minimum absolute atomic E-state index is 0.255. The van der Waals surface area contributed by atoms with Crippen molar-refractivity contribution in [1.82, 2.24) is 0 Å². The van der Waals surface area contributed by atoms with Crippen LogP contribution in [-0.4, -0.2) is 30.4 Å². The summed E-state index contributed by atoms with van der Waals surface area (Å²) in [6.07, 6.45) is 4.44. The molecule has 1 rings (SSSR count). The molecule has 0 saturated heterocycles. The lowest BCUT2D eigenvalue weighted by Crippen LogP contribution is -2.14. The summed E-state index contributed by atoms with van der Waals surface area (Å²) in [5.74, 6) is 1.06. The van der Waals surface area contributed by atoms with Crippen LogP contribution in [0.4, 0.5) is 0 Å². The van der Waals surface area contributed by atoms with Gasteiger partial charge in [0.15, 0.2) is 0 Å². The fraction of sp³-hybridized carbons (Fsp3) is 0.800. The van der Waals surface area contributed by atoms with Gasteiger partial charge in [-0.2, -0.15) is 0 Å². The van der Waals surface area contributed by atoms with Crippen molar-refractivity contribution in [2.45, 2.75) is 25.7 Å². The van der Waals surface area contributed by atoms with E-state index < -0.39 is 0 Å². The summed E-state index contributed by atoms with van der Waals surface area (Å²) < 4.78 is 4.49. The Balaban J connectivity index is 2.11. The number of methoxy groups -OCH3 is 1. The number of Topliss-reactive ketones (excluding diaryl/α,β-unsaturated/α-hetero) is 1. The molecule has 1 aliphatic carbocycles. The molecule has 0 aromatic rings. The molecule has 1 fully saturated rings. The summed E-state index contributed by atoms with van der Waals surface area (Å²) >= 11 is 1.36. The van der Waals surface area contributed by atoms with Crippen molar-refractivity contribution in [3.8, 4) is 0 Å². The standard InChI is InChI=1S/C10H16O3S/c1-13-10(12)7-14-6-9(11)8-4-2-3-5-8/h8H,2-7H2,1H3. The molecule has 3 nitrogen and oxygen atoms in total. The highest BCUT2D eigenvalue weighted by Crippen LogP contribution is 2.26. The average molecular weight is 216 g/mol. The number of hydrogen-bond donors (Lipinski definition) is 0. The largest absolute Gasteiger partial charge is 0.468 e. The Hall–Kier alpha value is -0.510. The number of esters is 1. The van der Waals surface area contributed by atoms with Crippen LogP contribution in [0.2, 0.25) is 0 Å². The first kappa shape index (κ1) is 11.6. The Kier molecular flexibility index (Phi) is 5.01. The molecular weight excluding hydrogens is 200 g/mol. The first-order chi connectivity index (χ1) is 6.74. The Bertz CT molecular complexity index is 209. The minimum atomic E-state index is -0.255. The van der Waals surface area contributed by atoms with E-state index in [0.29, 0.717) is 11.5 Å². The van der Waals surface area contributed by atoms with Gasteiger partial charge in [0.2, 0.25) is 0 Å². The SMILES string of the molecule is COC(=O)CSCC(=O)C1CCCC1. The fourth-order valence-corrected chi connectivity index (χ4v) is 2.48. The van der Waals surface area contributed by atoms with Crippen LogP contribution in [-0.2, 0) is 14.3 Å². The third-order valence-electron chi connectivity index (χ3n) is 2.50. The van der Waals surface area contributed by atoms with Crippen molar-refractivity contribution in [3.05, 3.63) is 0 Å². The molecule has 0 aliphatic heterocycles. The number of thioether (sulfide) groups is 1. The maximum absolute atomic E-state index is 11.5. The van der Waals surface area contributed by atoms with E-state index in [1.165, 1.54) is 31.7 Å². The third kappa shape index (κ3) is 3.70. The third-order valence-corrected chi connectivity index (χ3v) is 3.43. The number of carbonyl (C=O) groups excluding carboxylic acids is 2. The highest BCUT2D eigenvalue weighted by atomic mass is 32.2. The van der Waals surface area contributed by atoms with Crippen molar-refractivity contribution >= 4 is 23.5 Å². The summed E-state index contributed by atoms with van der Waals surface area (Å²) in [6, 6.07) is 0. The van der Waals surface area contributed by atoms with E-state index in [9.17, 15) is 9.59 Å². The van der Waals surface area contributed by atoms with Crippen LogP contribution >= 0.6 is 11.8 Å². The molecule has 80 valence electrons. The van der Waals surface area contributed by atoms with Gasteiger partial charge in [-0.3, -0.25) is 9.59 Å². The lowest BCUT2D eigenvalue weighted by atomic mass is 10.0. The number of ether oxygens (including phenoxy) is 1. The van der Waals surface area contributed by atoms with Crippen LogP contribution in [0.15, 0.2) is 0 Å². The van der Waals surface area contributed by atoms with Crippen molar-refractivity contribution in [1.29, 1.82) is 0 Å². The van der Waals surface area contributed by atoms with Crippen LogP contribution in [0, 0.1) is 5.92 Å². The molecular formula is C10H16O3S. The molecule has 0 unspecified atom stereocenters. The second-order valence-electron chi connectivity index (χ2n) is 3.52. The predicted octanol–water partition coefficient (Wildman–Crippen LogP) is 1.65. The van der Waals surface area contributed by atoms with Crippen molar-refractivity contribution in [3.63, 3.8) is 0 Å². The van der Waals surface area contributed by atoms with E-state index in [0.717, 1.165) is 12.8 Å². The molecule has 0 aromatic heterocycles. The van der Waals surface area contributed by atoms with Crippen molar-refractivity contribution in [2.24, 2.45) is 5.92 Å². The lowest BCUT2D eigenvalue weighted by Gasteiger charge is -2.06. The Morgan fingerprint density at radius 2 is 1.93 bits per heavy atom. The van der Waals surface area contributed by atoms with E-state index >= 15 is 0 Å². The fourth-order valence-electron chi connectivity index (χ4n) is 1.66. The van der Waals surface area contributed by atoms with E-state index in [4.69, 9.17) is 0 Å². The quantitative estimate of drug-likeness (QED) is 0.655. The van der Waals surface area contributed by atoms with Gasteiger partial charge in [0.25, 0.3) is 0 Å². The number of ketones is 1. The molecule has 1 saturated carbocycles. The maximum Gasteiger partial charge on any atom is 0.315 e. The summed E-state index contributed by atoms with van der Waals surface area (Å²) in [5, 5.41) is 0. The zero-order valence-corrected chi connectivity index (χ0v) is 9.27. The van der Waals surface area contributed by atoms with E-state index in [2.05, 4.69) is 4.74 Å². The van der Waals surface area contributed by atoms with Gasteiger partial charge in [0, 0.05) is 5.92 Å². The van der Waals surface area contributed by atoms with E-state index in [1.54, 1.807) is 0 Å². The number of rotatable bonds is 5. The van der Waals surface area contributed by atoms with Gasteiger partial charge >= 0.3 is 5.97 Å². The molecule has 14 heavy (non-hydrogen) atoms. The number of hydrogen-bond acceptors (Lipinski definition) is 4. The Labute approximate surface area is 88.6 Å². The predicted molar refractivity (Wildman–Crippen MR) is 56.3 cm³/mol. The van der Waals surface area contributed by atoms with Gasteiger partial charge in [-0.15, -0.1) is 11.8 Å². The summed E-state index contributed by atoms with van der Waals surface area (Å²) in [5.41, 5.74) is 0. The first-order valence-electron chi connectivity index (χ1n) is 4.91. The second kappa shape index (κ2) is 6.06. The monoisotopic (exact) mass is 216 g/mol. The molecule has 0 atom stereocenters. The topological polar surface area (TPSA) is 43.4 Å². The van der Waals surface area contributed by atoms with Gasteiger partial charge in [0.05, 0.1) is 18.6 Å². The second-order valence-corrected chi connectivity index (χ2v) is 4.50. The van der Waals surface area contributed by atoms with Crippen LogP contribution in [0.3, 0.4) is 0 Å². The normalized spacial score (nSPS) is 16.9. The highest BCUT2D eigenvalue weighted by molar-refractivity contribution is 8.00. The van der Waals surface area contributed by atoms with Crippen LogP contribution < -0.4 is 0 Å². The summed E-state index contributed by atoms with van der Waals surface area (Å²) in [4.78, 5) is 22.3. The van der Waals surface area contributed by atoms with Crippen molar-refractivity contribution in [2.75, 3.05) is 18.6 Å². The lowest BCUT2D eigenvalue weighted by molar-refractivity contribution is -0.137.